The molecule has 1 heterocycles. The zero-order valence-electron chi connectivity index (χ0n) is 10.4. The van der Waals surface area contributed by atoms with E-state index in [4.69, 9.17) is 4.74 Å². The van der Waals surface area contributed by atoms with Crippen molar-refractivity contribution in [1.29, 1.82) is 0 Å². The van der Waals surface area contributed by atoms with Gasteiger partial charge in [0.05, 0.1) is 12.0 Å². The van der Waals surface area contributed by atoms with Crippen molar-refractivity contribution in [3.63, 3.8) is 0 Å². The molecule has 6 heteroatoms. The summed E-state index contributed by atoms with van der Waals surface area (Å²) in [4.78, 5) is 14.1. The van der Waals surface area contributed by atoms with Crippen LogP contribution in [0.3, 0.4) is 0 Å². The number of anilines is 1. The molecule has 2 aromatic rings. The van der Waals surface area contributed by atoms with E-state index in [9.17, 15) is 10.1 Å². The van der Waals surface area contributed by atoms with E-state index in [1.54, 1.807) is 13.2 Å². The molecule has 0 saturated heterocycles. The molecule has 0 aliphatic heterocycles. The summed E-state index contributed by atoms with van der Waals surface area (Å²) >= 11 is 0. The molecule has 0 unspecified atom stereocenters. The lowest BCUT2D eigenvalue weighted by Gasteiger charge is -2.07. The van der Waals surface area contributed by atoms with Crippen LogP contribution in [0.2, 0.25) is 0 Å². The summed E-state index contributed by atoms with van der Waals surface area (Å²) in [5.41, 5.74) is 1.43. The maximum atomic E-state index is 10.8. The highest BCUT2D eigenvalue weighted by Gasteiger charge is 2.12. The topological polar surface area (TPSA) is 77.3 Å². The number of aromatic nitrogens is 1. The normalized spacial score (nSPS) is 9.95. The first kappa shape index (κ1) is 12.8. The lowest BCUT2D eigenvalue weighted by molar-refractivity contribution is -0.384. The Morgan fingerprint density at radius 1 is 1.32 bits per heavy atom. The Kier molecular flexibility index (Phi) is 3.92. The molecule has 0 spiro atoms. The maximum Gasteiger partial charge on any atom is 0.310 e. The van der Waals surface area contributed by atoms with Gasteiger partial charge in [-0.1, -0.05) is 12.1 Å². The number of pyridine rings is 1. The van der Waals surface area contributed by atoms with Gasteiger partial charge in [0.1, 0.15) is 17.6 Å². The van der Waals surface area contributed by atoms with Crippen molar-refractivity contribution >= 4 is 11.4 Å². The van der Waals surface area contributed by atoms with Gasteiger partial charge in [-0.3, -0.25) is 15.1 Å². The predicted octanol–water partition coefficient (Wildman–Crippen LogP) is 2.61. The Morgan fingerprint density at radius 3 is 2.68 bits per heavy atom. The fraction of sp³-hybridized carbons (Fsp3) is 0.154. The SMILES string of the molecule is COc1ccc(CNc2ccncc2[N+](=O)[O-])cc1. The Morgan fingerprint density at radius 2 is 2.05 bits per heavy atom. The second-order valence-electron chi connectivity index (χ2n) is 3.85. The zero-order valence-corrected chi connectivity index (χ0v) is 10.4. The molecule has 1 aromatic carbocycles. The Hall–Kier alpha value is -2.63. The zero-order chi connectivity index (χ0) is 13.7. The molecule has 0 aliphatic rings. The standard InChI is InChI=1S/C13H13N3O3/c1-19-11-4-2-10(3-5-11)8-15-12-6-7-14-9-13(12)16(17)18/h2-7,9H,8H2,1H3,(H,14,15). The van der Waals surface area contributed by atoms with Crippen LogP contribution in [-0.4, -0.2) is 17.0 Å². The van der Waals surface area contributed by atoms with Crippen LogP contribution in [0.1, 0.15) is 5.56 Å². The molecule has 0 aliphatic carbocycles. The monoisotopic (exact) mass is 259 g/mol. The van der Waals surface area contributed by atoms with Gasteiger partial charge in [-0.05, 0) is 23.8 Å². The molecule has 0 atom stereocenters. The van der Waals surface area contributed by atoms with Crippen molar-refractivity contribution in [3.05, 3.63) is 58.4 Å². The average molecular weight is 259 g/mol. The Labute approximate surface area is 110 Å². The quantitative estimate of drug-likeness (QED) is 0.659. The minimum atomic E-state index is -0.455. The summed E-state index contributed by atoms with van der Waals surface area (Å²) in [5, 5.41) is 13.9. The van der Waals surface area contributed by atoms with Gasteiger partial charge in [-0.15, -0.1) is 0 Å². The number of benzene rings is 1. The highest BCUT2D eigenvalue weighted by Crippen LogP contribution is 2.22. The van der Waals surface area contributed by atoms with E-state index in [-0.39, 0.29) is 5.69 Å². The number of rotatable bonds is 5. The van der Waals surface area contributed by atoms with Gasteiger partial charge >= 0.3 is 5.69 Å². The van der Waals surface area contributed by atoms with Gasteiger partial charge in [-0.2, -0.15) is 0 Å². The molecule has 0 amide bonds. The minimum Gasteiger partial charge on any atom is -0.497 e. The number of nitrogens with one attached hydrogen (secondary N) is 1. The van der Waals surface area contributed by atoms with Crippen LogP contribution in [0.15, 0.2) is 42.7 Å². The smallest absolute Gasteiger partial charge is 0.310 e. The number of nitro groups is 1. The van der Waals surface area contributed by atoms with Crippen LogP contribution in [0.5, 0.6) is 5.75 Å². The van der Waals surface area contributed by atoms with Crippen LogP contribution < -0.4 is 10.1 Å². The first-order valence-electron chi connectivity index (χ1n) is 5.66. The van der Waals surface area contributed by atoms with E-state index in [2.05, 4.69) is 10.3 Å². The number of hydrogen-bond acceptors (Lipinski definition) is 5. The largest absolute Gasteiger partial charge is 0.497 e. The predicted molar refractivity (Wildman–Crippen MR) is 71.2 cm³/mol. The van der Waals surface area contributed by atoms with Crippen molar-refractivity contribution in [2.75, 3.05) is 12.4 Å². The summed E-state index contributed by atoms with van der Waals surface area (Å²) in [5.74, 6) is 0.777. The van der Waals surface area contributed by atoms with E-state index in [1.807, 2.05) is 24.3 Å². The van der Waals surface area contributed by atoms with Crippen LogP contribution >= 0.6 is 0 Å². The third kappa shape index (κ3) is 3.19. The molecule has 6 nitrogen and oxygen atoms in total. The molecular weight excluding hydrogens is 246 g/mol. The molecule has 1 N–H and O–H groups in total. The summed E-state index contributed by atoms with van der Waals surface area (Å²) in [6.45, 7) is 0.495. The first-order valence-corrected chi connectivity index (χ1v) is 5.66. The Balaban J connectivity index is 2.07. The molecular formula is C13H13N3O3. The fourth-order valence-corrected chi connectivity index (χ4v) is 1.62. The summed E-state index contributed by atoms with van der Waals surface area (Å²) in [6.07, 6.45) is 2.75. The van der Waals surface area contributed by atoms with Gasteiger partial charge in [0.15, 0.2) is 0 Å². The average Bonchev–Trinajstić information content (AvgIpc) is 2.46. The minimum absolute atomic E-state index is 0.0315. The number of ether oxygens (including phenoxy) is 1. The van der Waals surface area contributed by atoms with Crippen molar-refractivity contribution in [2.45, 2.75) is 6.54 Å². The number of nitrogens with zero attached hydrogens (tertiary/aromatic N) is 2. The molecule has 1 aromatic heterocycles. The van der Waals surface area contributed by atoms with E-state index in [0.717, 1.165) is 11.3 Å². The van der Waals surface area contributed by atoms with E-state index >= 15 is 0 Å². The van der Waals surface area contributed by atoms with Gasteiger partial charge in [0.25, 0.3) is 0 Å². The van der Waals surface area contributed by atoms with Crippen LogP contribution in [0, 0.1) is 10.1 Å². The van der Waals surface area contributed by atoms with Crippen molar-refractivity contribution in [3.8, 4) is 5.75 Å². The Bertz CT molecular complexity index is 570. The molecule has 0 saturated carbocycles. The molecule has 0 bridgehead atoms. The number of hydrogen-bond donors (Lipinski definition) is 1. The van der Waals surface area contributed by atoms with E-state index in [0.29, 0.717) is 12.2 Å². The third-order valence-electron chi connectivity index (χ3n) is 2.64. The second-order valence-corrected chi connectivity index (χ2v) is 3.85. The van der Waals surface area contributed by atoms with Crippen LogP contribution in [-0.2, 0) is 6.54 Å². The van der Waals surface area contributed by atoms with Crippen molar-refractivity contribution < 1.29 is 9.66 Å². The van der Waals surface area contributed by atoms with Gasteiger partial charge in [-0.25, -0.2) is 0 Å². The summed E-state index contributed by atoms with van der Waals surface area (Å²) in [6, 6.07) is 9.08. The molecule has 19 heavy (non-hydrogen) atoms. The number of methoxy groups -OCH3 is 1. The van der Waals surface area contributed by atoms with Crippen molar-refractivity contribution in [1.82, 2.24) is 4.98 Å². The van der Waals surface area contributed by atoms with Crippen LogP contribution in [0.25, 0.3) is 0 Å². The van der Waals surface area contributed by atoms with Gasteiger partial charge < -0.3 is 10.1 Å². The second kappa shape index (κ2) is 5.81. The molecule has 98 valence electrons. The molecule has 0 fully saturated rings. The van der Waals surface area contributed by atoms with Crippen molar-refractivity contribution in [2.24, 2.45) is 0 Å². The maximum absolute atomic E-state index is 10.8. The molecule has 2 rings (SSSR count). The highest BCUT2D eigenvalue weighted by molar-refractivity contribution is 5.59. The fourth-order valence-electron chi connectivity index (χ4n) is 1.62. The van der Waals surface area contributed by atoms with Gasteiger partial charge in [0.2, 0.25) is 0 Å². The van der Waals surface area contributed by atoms with E-state index in [1.165, 1.54) is 12.4 Å². The van der Waals surface area contributed by atoms with Crippen LogP contribution in [0.4, 0.5) is 11.4 Å². The highest BCUT2D eigenvalue weighted by atomic mass is 16.6. The third-order valence-corrected chi connectivity index (χ3v) is 2.64. The lowest BCUT2D eigenvalue weighted by Crippen LogP contribution is -2.02. The first-order chi connectivity index (χ1) is 9.20. The summed E-state index contributed by atoms with van der Waals surface area (Å²) in [7, 11) is 1.60. The lowest BCUT2D eigenvalue weighted by atomic mass is 10.2. The summed E-state index contributed by atoms with van der Waals surface area (Å²) < 4.78 is 5.06. The molecule has 0 radical (unpaired) electrons. The van der Waals surface area contributed by atoms with E-state index < -0.39 is 4.92 Å². The van der Waals surface area contributed by atoms with Gasteiger partial charge in [0, 0.05) is 12.7 Å².